The van der Waals surface area contributed by atoms with Crippen LogP contribution < -0.4 is 14.4 Å². The lowest BCUT2D eigenvalue weighted by atomic mass is 9.70. The van der Waals surface area contributed by atoms with Crippen molar-refractivity contribution in [1.29, 1.82) is 0 Å². The quantitative estimate of drug-likeness (QED) is 0.307. The first-order valence-electron chi connectivity index (χ1n) is 14.4. The highest BCUT2D eigenvalue weighted by atomic mass is 35.5. The molecular formula is C32H41ClN2O3S. The Kier molecular flexibility index (Phi) is 9.15. The highest BCUT2D eigenvalue weighted by Crippen LogP contribution is 2.42. The molecule has 2 bridgehead atoms. The van der Waals surface area contributed by atoms with Crippen molar-refractivity contribution in [2.24, 2.45) is 17.8 Å². The lowest BCUT2D eigenvalue weighted by Gasteiger charge is -2.42. The van der Waals surface area contributed by atoms with Gasteiger partial charge in [-0.15, -0.1) is 0 Å². The molecule has 7 heteroatoms. The summed E-state index contributed by atoms with van der Waals surface area (Å²) in [6.45, 7) is 8.70. The maximum atomic E-state index is 13.2. The summed E-state index contributed by atoms with van der Waals surface area (Å²) in [5, 5.41) is 12.1. The van der Waals surface area contributed by atoms with E-state index < -0.39 is 6.10 Å². The highest BCUT2D eigenvalue weighted by Gasteiger charge is 2.38. The molecule has 5 nitrogen and oxygen atoms in total. The zero-order valence-electron chi connectivity index (χ0n) is 23.2. The molecule has 39 heavy (non-hydrogen) atoms. The maximum absolute atomic E-state index is 13.2. The summed E-state index contributed by atoms with van der Waals surface area (Å²) in [7, 11) is 0. The van der Waals surface area contributed by atoms with Crippen LogP contribution in [0.3, 0.4) is 0 Å². The second-order valence-corrected chi connectivity index (χ2v) is 13.2. The molecule has 0 aromatic heterocycles. The zero-order valence-corrected chi connectivity index (χ0v) is 24.8. The molecule has 1 fully saturated rings. The van der Waals surface area contributed by atoms with E-state index in [2.05, 4.69) is 48.6 Å². The summed E-state index contributed by atoms with van der Waals surface area (Å²) in [4.78, 5) is 15.6. The zero-order chi connectivity index (χ0) is 27.5. The van der Waals surface area contributed by atoms with Crippen LogP contribution in [0, 0.1) is 17.8 Å². The van der Waals surface area contributed by atoms with E-state index >= 15 is 0 Å². The number of anilines is 1. The van der Waals surface area contributed by atoms with Crippen molar-refractivity contribution in [2.75, 3.05) is 24.6 Å². The number of ether oxygens (including phenoxy) is 1. The molecule has 1 saturated carbocycles. The van der Waals surface area contributed by atoms with E-state index in [-0.39, 0.29) is 23.0 Å². The Morgan fingerprint density at radius 3 is 2.77 bits per heavy atom. The monoisotopic (exact) mass is 568 g/mol. The minimum atomic E-state index is -0.427. The van der Waals surface area contributed by atoms with Gasteiger partial charge in [0.05, 0.1) is 18.4 Å². The third-order valence-corrected chi connectivity index (χ3v) is 10.2. The van der Waals surface area contributed by atoms with Gasteiger partial charge in [0.15, 0.2) is 0 Å². The minimum absolute atomic E-state index is 0.0786. The van der Waals surface area contributed by atoms with Crippen molar-refractivity contribution >= 4 is 35.1 Å². The van der Waals surface area contributed by atoms with Gasteiger partial charge in [-0.25, -0.2) is 0 Å². The van der Waals surface area contributed by atoms with Crippen molar-refractivity contribution in [3.05, 3.63) is 70.3 Å². The molecule has 0 spiro atoms. The van der Waals surface area contributed by atoms with Crippen LogP contribution in [-0.2, 0) is 6.42 Å². The van der Waals surface area contributed by atoms with Crippen LogP contribution in [0.2, 0.25) is 5.02 Å². The number of allylic oxidation sites excluding steroid dienone is 1. The van der Waals surface area contributed by atoms with Crippen LogP contribution in [0.5, 0.6) is 5.75 Å². The number of hydrogen-bond donors (Lipinski definition) is 2. The second kappa shape index (κ2) is 12.6. The van der Waals surface area contributed by atoms with E-state index in [1.54, 1.807) is 0 Å². The van der Waals surface area contributed by atoms with Gasteiger partial charge in [-0.2, -0.15) is 0 Å². The number of fused-ring (bicyclic) bond motifs is 2. The van der Waals surface area contributed by atoms with Crippen LogP contribution in [0.1, 0.15) is 73.9 Å². The van der Waals surface area contributed by atoms with E-state index in [9.17, 15) is 9.90 Å². The molecule has 2 aromatic carbocycles. The summed E-state index contributed by atoms with van der Waals surface area (Å²) in [6.07, 6.45) is 8.74. The number of amides is 1. The van der Waals surface area contributed by atoms with Crippen molar-refractivity contribution in [2.45, 2.75) is 70.1 Å². The average molecular weight is 569 g/mol. The van der Waals surface area contributed by atoms with Gasteiger partial charge in [-0.05, 0) is 96.8 Å². The summed E-state index contributed by atoms with van der Waals surface area (Å²) in [5.41, 5.74) is 4.17. The maximum Gasteiger partial charge on any atom is 0.261 e. The summed E-state index contributed by atoms with van der Waals surface area (Å²) < 4.78 is 9.51. The van der Waals surface area contributed by atoms with E-state index in [1.807, 2.05) is 30.3 Å². The number of nitrogens with one attached hydrogen (secondary N) is 1. The Morgan fingerprint density at radius 1 is 1.15 bits per heavy atom. The van der Waals surface area contributed by atoms with Gasteiger partial charge in [0.1, 0.15) is 5.75 Å². The van der Waals surface area contributed by atoms with Crippen molar-refractivity contribution in [1.82, 2.24) is 4.72 Å². The first kappa shape index (κ1) is 28.4. The predicted octanol–water partition coefficient (Wildman–Crippen LogP) is 7.02. The first-order valence-corrected chi connectivity index (χ1v) is 15.7. The third-order valence-electron chi connectivity index (χ3n) is 8.86. The van der Waals surface area contributed by atoms with Gasteiger partial charge in [-0.3, -0.25) is 9.52 Å². The topological polar surface area (TPSA) is 61.8 Å². The van der Waals surface area contributed by atoms with E-state index in [1.165, 1.54) is 23.1 Å². The number of aryl methyl sites for hydroxylation is 1. The van der Waals surface area contributed by atoms with Gasteiger partial charge < -0.3 is 14.7 Å². The van der Waals surface area contributed by atoms with Crippen molar-refractivity contribution in [3.8, 4) is 5.75 Å². The number of nitrogens with zero attached hydrogens (tertiary/aromatic N) is 1. The number of aliphatic hydroxyl groups excluding tert-OH is 1. The molecule has 1 aliphatic carbocycles. The predicted molar refractivity (Wildman–Crippen MR) is 162 cm³/mol. The number of carbonyl (C=O) groups excluding carboxylic acids is 1. The Labute approximate surface area is 242 Å². The fraction of sp³-hybridized carbons (Fsp3) is 0.531. The smallest absolute Gasteiger partial charge is 0.261 e. The van der Waals surface area contributed by atoms with E-state index in [4.69, 9.17) is 16.3 Å². The largest absolute Gasteiger partial charge is 0.491 e. The molecule has 2 heterocycles. The number of aliphatic hydroxyl groups is 1. The van der Waals surface area contributed by atoms with Gasteiger partial charge in [0, 0.05) is 34.8 Å². The minimum Gasteiger partial charge on any atom is -0.491 e. The Balaban J connectivity index is 1.50. The normalized spacial score (nSPS) is 30.3. The van der Waals surface area contributed by atoms with Crippen LogP contribution in [0.25, 0.3) is 0 Å². The number of rotatable bonds is 3. The summed E-state index contributed by atoms with van der Waals surface area (Å²) in [6, 6.07) is 12.0. The van der Waals surface area contributed by atoms with Gasteiger partial charge in [0.2, 0.25) is 0 Å². The molecule has 1 amide bonds. The molecule has 0 radical (unpaired) electrons. The van der Waals surface area contributed by atoms with Crippen LogP contribution in [0.4, 0.5) is 5.69 Å². The van der Waals surface area contributed by atoms with Crippen molar-refractivity contribution in [3.63, 3.8) is 0 Å². The number of carbonyl (C=O) groups is 1. The average Bonchev–Trinajstić information content (AvgIpc) is 3.08. The number of halogens is 1. The SMILES string of the molecule is CCCc1cc(Cl)ccc1C1COc2ccc3cc2N(C1)CC1CCC1[C@@H](O)/C=C/CC(C)C(C)SNC3=O. The molecule has 2 N–H and O–H groups in total. The Hall–Kier alpha value is -2.15. The van der Waals surface area contributed by atoms with Crippen molar-refractivity contribution < 1.29 is 14.6 Å². The first-order chi connectivity index (χ1) is 18.8. The molecule has 5 rings (SSSR count). The third kappa shape index (κ3) is 6.44. The van der Waals surface area contributed by atoms with Crippen LogP contribution in [0.15, 0.2) is 48.6 Å². The molecule has 210 valence electrons. The standard InChI is InChI=1S/C32H41ClN2O3S/c1-4-6-22-15-26(33)11-13-27(22)25-18-35-17-24-9-12-28(24)30(36)8-5-7-20(2)21(3)39-34-32(37)23-10-14-31(38-19-25)29(35)16-23/h5,8,10-11,13-16,20-21,24-25,28,30,36H,4,6-7,9,12,17-19H2,1-3H3,(H,34,37)/b8-5+/t20?,21?,24?,25?,28?,30-/m0/s1. The fourth-order valence-corrected chi connectivity index (χ4v) is 7.05. The lowest BCUT2D eigenvalue weighted by Crippen LogP contribution is -2.44. The molecule has 3 aliphatic rings. The van der Waals surface area contributed by atoms with Crippen LogP contribution >= 0.6 is 23.5 Å². The summed E-state index contributed by atoms with van der Waals surface area (Å²) in [5.74, 6) is 1.91. The molecule has 2 aromatic rings. The van der Waals surface area contributed by atoms with Crippen LogP contribution in [-0.4, -0.2) is 42.1 Å². The van der Waals surface area contributed by atoms with Gasteiger partial charge in [0.25, 0.3) is 5.91 Å². The molecule has 0 saturated heterocycles. The van der Waals surface area contributed by atoms with Gasteiger partial charge >= 0.3 is 0 Å². The lowest BCUT2D eigenvalue weighted by molar-refractivity contribution is 0.0461. The van der Waals surface area contributed by atoms with Gasteiger partial charge in [-0.1, -0.05) is 57.0 Å². The number of hydrogen-bond acceptors (Lipinski definition) is 5. The second-order valence-electron chi connectivity index (χ2n) is 11.6. The molecule has 6 atom stereocenters. The van der Waals surface area contributed by atoms with E-state index in [0.717, 1.165) is 61.7 Å². The van der Waals surface area contributed by atoms with E-state index in [0.29, 0.717) is 24.0 Å². The molecular weight excluding hydrogens is 528 g/mol. The Bertz CT molecular complexity index is 1200. The number of benzene rings is 2. The fourth-order valence-electron chi connectivity index (χ4n) is 6.10. The highest BCUT2D eigenvalue weighted by molar-refractivity contribution is 7.98. The molecule has 2 aliphatic heterocycles. The molecule has 5 unspecified atom stereocenters. The summed E-state index contributed by atoms with van der Waals surface area (Å²) >= 11 is 7.86. The Morgan fingerprint density at radius 2 is 2.00 bits per heavy atom.